The highest BCUT2D eigenvalue weighted by atomic mass is 14.9. The largest absolute Gasteiger partial charge is 0.362 e. The molecule has 1 aromatic rings. The number of hydrogen-bond donors (Lipinski definition) is 1. The van der Waals surface area contributed by atoms with Gasteiger partial charge in [0.05, 0.1) is 0 Å². The maximum absolute atomic E-state index is 3.35. The summed E-state index contributed by atoms with van der Waals surface area (Å²) in [7, 11) is 0. The predicted octanol–water partition coefficient (Wildman–Crippen LogP) is 4.32. The van der Waals surface area contributed by atoms with Gasteiger partial charge in [0.1, 0.15) is 0 Å². The Labute approximate surface area is 98.6 Å². The molecule has 1 nitrogen and oxygen atoms in total. The molecule has 0 bridgehead atoms. The van der Waals surface area contributed by atoms with Crippen molar-refractivity contribution in [3.63, 3.8) is 0 Å². The molecule has 2 rings (SSSR count). The fourth-order valence-electron chi connectivity index (χ4n) is 2.84. The molecule has 0 radical (unpaired) electrons. The number of benzene rings is 1. The van der Waals surface area contributed by atoms with Crippen LogP contribution in [0.3, 0.4) is 0 Å². The Hall–Kier alpha value is -1.24. The van der Waals surface area contributed by atoms with E-state index in [9.17, 15) is 0 Å². The van der Waals surface area contributed by atoms with Crippen LogP contribution < -0.4 is 5.32 Å². The van der Waals surface area contributed by atoms with Crippen LogP contribution in [0.15, 0.2) is 36.5 Å². The summed E-state index contributed by atoms with van der Waals surface area (Å²) in [5.74, 6) is 0.678. The number of anilines is 1. The Balaban J connectivity index is 2.54. The maximum atomic E-state index is 3.35. The molecule has 1 N–H and O–H groups in total. The molecule has 1 heteroatoms. The molecule has 2 atom stereocenters. The molecule has 1 aliphatic heterocycles. The van der Waals surface area contributed by atoms with E-state index in [-0.39, 0.29) is 5.41 Å². The summed E-state index contributed by atoms with van der Waals surface area (Å²) in [5, 5.41) is 3.35. The lowest BCUT2D eigenvalue weighted by molar-refractivity contribution is 0.335. The second-order valence-electron chi connectivity index (χ2n) is 4.73. The van der Waals surface area contributed by atoms with Gasteiger partial charge in [-0.05, 0) is 30.2 Å². The van der Waals surface area contributed by atoms with Crippen molar-refractivity contribution in [3.8, 4) is 0 Å². The van der Waals surface area contributed by atoms with E-state index in [1.165, 1.54) is 17.7 Å². The van der Waals surface area contributed by atoms with Crippen molar-refractivity contribution in [2.45, 2.75) is 39.0 Å². The summed E-state index contributed by atoms with van der Waals surface area (Å²) in [5.41, 5.74) is 2.94. The highest BCUT2D eigenvalue weighted by Gasteiger charge is 2.36. The first kappa shape index (κ1) is 11.3. The first-order chi connectivity index (χ1) is 7.74. The standard InChI is InChI=1S/C15H21N/c1-4-12(3)15(5-2)10-11-16-14-9-7-6-8-13(14)15/h6-12,16H,4-5H2,1-3H3. The number of nitrogens with one attached hydrogen (secondary N) is 1. The van der Waals surface area contributed by atoms with Crippen LogP contribution in [0.1, 0.15) is 39.2 Å². The van der Waals surface area contributed by atoms with Crippen molar-refractivity contribution in [2.75, 3.05) is 5.32 Å². The van der Waals surface area contributed by atoms with Gasteiger partial charge in [0.25, 0.3) is 0 Å². The smallest absolute Gasteiger partial charge is 0.0421 e. The summed E-state index contributed by atoms with van der Waals surface area (Å²) in [6.45, 7) is 6.93. The molecule has 0 saturated heterocycles. The minimum Gasteiger partial charge on any atom is -0.362 e. The molecule has 0 amide bonds. The van der Waals surface area contributed by atoms with Gasteiger partial charge in [0.15, 0.2) is 0 Å². The monoisotopic (exact) mass is 215 g/mol. The summed E-state index contributed by atoms with van der Waals surface area (Å²) < 4.78 is 0. The van der Waals surface area contributed by atoms with Gasteiger partial charge in [-0.1, -0.05) is 51.5 Å². The molecule has 0 saturated carbocycles. The minimum atomic E-state index is 0.219. The molecule has 1 aromatic carbocycles. The molecule has 0 aromatic heterocycles. The quantitative estimate of drug-likeness (QED) is 0.791. The first-order valence-electron chi connectivity index (χ1n) is 6.28. The molecule has 0 spiro atoms. The molecule has 2 unspecified atom stereocenters. The Bertz CT molecular complexity index is 394. The molecule has 0 aliphatic carbocycles. The normalized spacial score (nSPS) is 24.7. The summed E-state index contributed by atoms with van der Waals surface area (Å²) >= 11 is 0. The van der Waals surface area contributed by atoms with Crippen LogP contribution in [-0.2, 0) is 5.41 Å². The second kappa shape index (κ2) is 4.32. The maximum Gasteiger partial charge on any atom is 0.0421 e. The van der Waals surface area contributed by atoms with Crippen molar-refractivity contribution in [3.05, 3.63) is 42.1 Å². The third-order valence-corrected chi connectivity index (χ3v) is 4.12. The fourth-order valence-corrected chi connectivity index (χ4v) is 2.84. The Kier molecular flexibility index (Phi) is 3.04. The van der Waals surface area contributed by atoms with Crippen LogP contribution in [0.5, 0.6) is 0 Å². The lowest BCUT2D eigenvalue weighted by Crippen LogP contribution is -2.33. The Morgan fingerprint density at radius 1 is 1.25 bits per heavy atom. The number of para-hydroxylation sites is 1. The van der Waals surface area contributed by atoms with Gasteiger partial charge in [-0.3, -0.25) is 0 Å². The van der Waals surface area contributed by atoms with Gasteiger partial charge in [0.2, 0.25) is 0 Å². The highest BCUT2D eigenvalue weighted by molar-refractivity contribution is 5.61. The average Bonchev–Trinajstić information content (AvgIpc) is 2.37. The molecule has 1 heterocycles. The molecule has 0 fully saturated rings. The number of rotatable bonds is 3. The van der Waals surface area contributed by atoms with E-state index >= 15 is 0 Å². The average molecular weight is 215 g/mol. The van der Waals surface area contributed by atoms with Crippen LogP contribution in [0.2, 0.25) is 0 Å². The third-order valence-electron chi connectivity index (χ3n) is 4.12. The molecule has 86 valence electrons. The van der Waals surface area contributed by atoms with Crippen molar-refractivity contribution < 1.29 is 0 Å². The van der Waals surface area contributed by atoms with Crippen molar-refractivity contribution in [2.24, 2.45) is 5.92 Å². The molecular formula is C15H21N. The Morgan fingerprint density at radius 2 is 2.00 bits per heavy atom. The summed E-state index contributed by atoms with van der Waals surface area (Å²) in [6.07, 6.45) is 6.84. The van der Waals surface area contributed by atoms with Gasteiger partial charge >= 0.3 is 0 Å². The fraction of sp³-hybridized carbons (Fsp3) is 0.467. The van der Waals surface area contributed by atoms with Gasteiger partial charge in [-0.15, -0.1) is 0 Å². The van der Waals surface area contributed by atoms with E-state index in [1.54, 1.807) is 0 Å². The molecule has 1 aliphatic rings. The summed E-state index contributed by atoms with van der Waals surface area (Å²) in [4.78, 5) is 0. The zero-order chi connectivity index (χ0) is 11.6. The van der Waals surface area contributed by atoms with Crippen LogP contribution in [0.25, 0.3) is 0 Å². The summed E-state index contributed by atoms with van der Waals surface area (Å²) in [6, 6.07) is 8.68. The Morgan fingerprint density at radius 3 is 2.69 bits per heavy atom. The van der Waals surface area contributed by atoms with Gasteiger partial charge < -0.3 is 5.32 Å². The van der Waals surface area contributed by atoms with Gasteiger partial charge in [-0.2, -0.15) is 0 Å². The topological polar surface area (TPSA) is 12.0 Å². The lowest BCUT2D eigenvalue weighted by Gasteiger charge is -2.39. The minimum absolute atomic E-state index is 0.219. The molecule has 16 heavy (non-hydrogen) atoms. The second-order valence-corrected chi connectivity index (χ2v) is 4.73. The predicted molar refractivity (Wildman–Crippen MR) is 70.6 cm³/mol. The van der Waals surface area contributed by atoms with Crippen molar-refractivity contribution in [1.82, 2.24) is 0 Å². The number of hydrogen-bond acceptors (Lipinski definition) is 1. The van der Waals surface area contributed by atoms with E-state index in [0.717, 1.165) is 6.42 Å². The highest BCUT2D eigenvalue weighted by Crippen LogP contribution is 2.44. The van der Waals surface area contributed by atoms with Crippen molar-refractivity contribution in [1.29, 1.82) is 0 Å². The van der Waals surface area contributed by atoms with Crippen molar-refractivity contribution >= 4 is 5.69 Å². The zero-order valence-electron chi connectivity index (χ0n) is 10.5. The molecular weight excluding hydrogens is 194 g/mol. The van der Waals surface area contributed by atoms with Gasteiger partial charge in [0, 0.05) is 11.1 Å². The van der Waals surface area contributed by atoms with E-state index < -0.39 is 0 Å². The zero-order valence-corrected chi connectivity index (χ0v) is 10.5. The van der Waals surface area contributed by atoms with E-state index in [2.05, 4.69) is 62.6 Å². The SMILES string of the molecule is CCC(C)C1(CC)C=CNc2ccccc21. The number of allylic oxidation sites excluding steroid dienone is 1. The van der Waals surface area contributed by atoms with Crippen LogP contribution in [-0.4, -0.2) is 0 Å². The van der Waals surface area contributed by atoms with Crippen LogP contribution in [0.4, 0.5) is 5.69 Å². The van der Waals surface area contributed by atoms with E-state index in [4.69, 9.17) is 0 Å². The number of fused-ring (bicyclic) bond motifs is 1. The first-order valence-corrected chi connectivity index (χ1v) is 6.28. The lowest BCUT2D eigenvalue weighted by atomic mass is 9.67. The van der Waals surface area contributed by atoms with Crippen LogP contribution >= 0.6 is 0 Å². The van der Waals surface area contributed by atoms with E-state index in [0.29, 0.717) is 5.92 Å². The van der Waals surface area contributed by atoms with E-state index in [1.807, 2.05) is 0 Å². The van der Waals surface area contributed by atoms with Crippen LogP contribution in [0, 0.1) is 5.92 Å². The third kappa shape index (κ3) is 1.55. The van der Waals surface area contributed by atoms with Gasteiger partial charge in [-0.25, -0.2) is 0 Å².